The maximum absolute atomic E-state index is 13.7. The van der Waals surface area contributed by atoms with Crippen molar-refractivity contribution in [1.82, 2.24) is 19.7 Å². The van der Waals surface area contributed by atoms with Crippen molar-refractivity contribution in [2.24, 2.45) is 4.99 Å². The number of halogens is 1. The van der Waals surface area contributed by atoms with Crippen LogP contribution in [-0.4, -0.2) is 37.8 Å². The molecule has 2 aromatic rings. The van der Waals surface area contributed by atoms with Gasteiger partial charge in [0.2, 0.25) is 0 Å². The van der Waals surface area contributed by atoms with Crippen molar-refractivity contribution in [3.05, 3.63) is 59.1 Å². The summed E-state index contributed by atoms with van der Waals surface area (Å²) in [6.45, 7) is 12.2. The quantitative estimate of drug-likeness (QED) is 0.794. The number of benzene rings is 1. The molecule has 2 heterocycles. The Morgan fingerprint density at radius 3 is 2.65 bits per heavy atom. The lowest BCUT2D eigenvalue weighted by Gasteiger charge is -2.33. The molecule has 0 bridgehead atoms. The number of aliphatic imine (C=N–C) groups is 1. The van der Waals surface area contributed by atoms with E-state index < -0.39 is 5.82 Å². The standard InChI is InChI=1S/C19H22FN5O/c1-11(2)21-13(4)17-22-23-18-14(5)24(6-7-25(17)18)19(26)15-8-12(3)9-16(20)10-15/h8-10,14H,1,6-7H2,2-5H3/b21-13+/t14-/m1/s1. The summed E-state index contributed by atoms with van der Waals surface area (Å²) < 4.78 is 15.6. The number of carbonyl (C=O) groups excluding carboxylic acids is 1. The number of fused-ring (bicyclic) bond motifs is 1. The number of rotatable bonds is 3. The minimum atomic E-state index is -0.407. The summed E-state index contributed by atoms with van der Waals surface area (Å²) in [4.78, 5) is 18.9. The van der Waals surface area contributed by atoms with E-state index >= 15 is 0 Å². The van der Waals surface area contributed by atoms with Gasteiger partial charge in [-0.05, 0) is 51.5 Å². The van der Waals surface area contributed by atoms with Crippen LogP contribution in [0.2, 0.25) is 0 Å². The SMILES string of the molecule is C=C(C)/N=C(\C)c1nnc2n1CCN(C(=O)c1cc(C)cc(F)c1)[C@@H]2C. The zero-order chi connectivity index (χ0) is 19.0. The van der Waals surface area contributed by atoms with Crippen LogP contribution in [0, 0.1) is 12.7 Å². The molecule has 0 spiro atoms. The molecule has 1 aliphatic rings. The Hall–Kier alpha value is -2.83. The zero-order valence-electron chi connectivity index (χ0n) is 15.5. The summed E-state index contributed by atoms with van der Waals surface area (Å²) in [5.74, 6) is 0.769. The summed E-state index contributed by atoms with van der Waals surface area (Å²) in [5.41, 5.74) is 2.50. The molecular weight excluding hydrogens is 333 g/mol. The van der Waals surface area contributed by atoms with E-state index in [-0.39, 0.29) is 11.9 Å². The van der Waals surface area contributed by atoms with Crippen molar-refractivity contribution in [2.45, 2.75) is 40.3 Å². The third kappa shape index (κ3) is 3.29. The topological polar surface area (TPSA) is 63.4 Å². The van der Waals surface area contributed by atoms with E-state index in [0.29, 0.717) is 36.0 Å². The Morgan fingerprint density at radius 1 is 1.27 bits per heavy atom. The van der Waals surface area contributed by atoms with Crippen LogP contribution in [-0.2, 0) is 6.54 Å². The van der Waals surface area contributed by atoms with Crippen molar-refractivity contribution in [3.63, 3.8) is 0 Å². The fraction of sp³-hybridized carbons (Fsp3) is 0.368. The van der Waals surface area contributed by atoms with Crippen molar-refractivity contribution in [3.8, 4) is 0 Å². The highest BCUT2D eigenvalue weighted by Crippen LogP contribution is 2.26. The second kappa shape index (κ2) is 6.82. The van der Waals surface area contributed by atoms with Gasteiger partial charge < -0.3 is 9.47 Å². The lowest BCUT2D eigenvalue weighted by atomic mass is 10.1. The van der Waals surface area contributed by atoms with Gasteiger partial charge in [-0.2, -0.15) is 0 Å². The van der Waals surface area contributed by atoms with Crippen LogP contribution >= 0.6 is 0 Å². The molecule has 0 saturated carbocycles. The number of aromatic nitrogens is 3. The van der Waals surface area contributed by atoms with Crippen molar-refractivity contribution in [2.75, 3.05) is 6.54 Å². The fourth-order valence-electron chi connectivity index (χ4n) is 3.29. The van der Waals surface area contributed by atoms with Gasteiger partial charge in [-0.3, -0.25) is 9.79 Å². The highest BCUT2D eigenvalue weighted by atomic mass is 19.1. The van der Waals surface area contributed by atoms with Crippen LogP contribution in [0.3, 0.4) is 0 Å². The van der Waals surface area contributed by atoms with Crippen LogP contribution in [0.25, 0.3) is 0 Å². The number of hydrogen-bond acceptors (Lipinski definition) is 4. The smallest absolute Gasteiger partial charge is 0.254 e. The van der Waals surface area contributed by atoms with Crippen LogP contribution in [0.1, 0.15) is 54.4 Å². The van der Waals surface area contributed by atoms with Crippen LogP contribution in [0.15, 0.2) is 35.5 Å². The molecule has 26 heavy (non-hydrogen) atoms. The van der Waals surface area contributed by atoms with E-state index in [1.54, 1.807) is 17.9 Å². The first-order valence-electron chi connectivity index (χ1n) is 8.50. The average Bonchev–Trinajstić information content (AvgIpc) is 2.98. The van der Waals surface area contributed by atoms with Gasteiger partial charge in [-0.25, -0.2) is 4.39 Å². The van der Waals surface area contributed by atoms with Gasteiger partial charge in [0.25, 0.3) is 5.91 Å². The second-order valence-electron chi connectivity index (χ2n) is 6.66. The number of aryl methyl sites for hydroxylation is 1. The van der Waals surface area contributed by atoms with Crippen LogP contribution in [0.4, 0.5) is 4.39 Å². The summed E-state index contributed by atoms with van der Waals surface area (Å²) >= 11 is 0. The predicted molar refractivity (Wildman–Crippen MR) is 97.6 cm³/mol. The summed E-state index contributed by atoms with van der Waals surface area (Å²) in [6, 6.07) is 4.12. The molecular formula is C19H22FN5O. The van der Waals surface area contributed by atoms with Gasteiger partial charge in [0.1, 0.15) is 5.82 Å². The third-order valence-electron chi connectivity index (χ3n) is 4.42. The highest BCUT2D eigenvalue weighted by molar-refractivity contribution is 5.96. The maximum Gasteiger partial charge on any atom is 0.254 e. The van der Waals surface area contributed by atoms with E-state index in [0.717, 1.165) is 11.3 Å². The molecule has 0 aliphatic carbocycles. The minimum absolute atomic E-state index is 0.205. The van der Waals surface area contributed by atoms with Gasteiger partial charge in [0, 0.05) is 24.4 Å². The van der Waals surface area contributed by atoms with E-state index in [4.69, 9.17) is 0 Å². The molecule has 0 unspecified atom stereocenters. The number of amides is 1. The van der Waals surface area contributed by atoms with Crippen molar-refractivity contribution >= 4 is 11.6 Å². The summed E-state index contributed by atoms with van der Waals surface area (Å²) in [6.07, 6.45) is 0. The molecule has 1 aromatic heterocycles. The van der Waals surface area contributed by atoms with Crippen LogP contribution in [0.5, 0.6) is 0 Å². The van der Waals surface area contributed by atoms with Crippen molar-refractivity contribution in [1.29, 1.82) is 0 Å². The monoisotopic (exact) mass is 355 g/mol. The normalized spacial score (nSPS) is 17.2. The van der Waals surface area contributed by atoms with Gasteiger partial charge in [-0.15, -0.1) is 10.2 Å². The number of nitrogens with zero attached hydrogens (tertiary/aromatic N) is 5. The molecule has 136 valence electrons. The Balaban J connectivity index is 1.91. The van der Waals surface area contributed by atoms with E-state index in [2.05, 4.69) is 21.8 Å². The Morgan fingerprint density at radius 2 is 2.00 bits per heavy atom. The molecule has 3 rings (SSSR count). The van der Waals surface area contributed by atoms with E-state index in [1.165, 1.54) is 12.1 Å². The molecule has 0 saturated heterocycles. The van der Waals surface area contributed by atoms with Gasteiger partial charge >= 0.3 is 0 Å². The van der Waals surface area contributed by atoms with Crippen LogP contribution < -0.4 is 0 Å². The number of allylic oxidation sites excluding steroid dienone is 1. The number of carbonyl (C=O) groups is 1. The lowest BCUT2D eigenvalue weighted by Crippen LogP contribution is -2.41. The summed E-state index contributed by atoms with van der Waals surface area (Å²) in [5, 5.41) is 8.50. The predicted octanol–water partition coefficient (Wildman–Crippen LogP) is 3.29. The van der Waals surface area contributed by atoms with E-state index in [9.17, 15) is 9.18 Å². The maximum atomic E-state index is 13.7. The minimum Gasteiger partial charge on any atom is -0.327 e. The third-order valence-corrected chi connectivity index (χ3v) is 4.42. The van der Waals surface area contributed by atoms with E-state index in [1.807, 2.05) is 25.3 Å². The number of hydrogen-bond donors (Lipinski definition) is 0. The molecule has 0 radical (unpaired) electrons. The lowest BCUT2D eigenvalue weighted by molar-refractivity contribution is 0.0637. The van der Waals surface area contributed by atoms with Crippen molar-refractivity contribution < 1.29 is 9.18 Å². The molecule has 1 aromatic carbocycles. The molecule has 1 atom stereocenters. The highest BCUT2D eigenvalue weighted by Gasteiger charge is 2.32. The molecule has 0 N–H and O–H groups in total. The second-order valence-corrected chi connectivity index (χ2v) is 6.66. The molecule has 1 aliphatic heterocycles. The fourth-order valence-corrected chi connectivity index (χ4v) is 3.29. The molecule has 1 amide bonds. The summed E-state index contributed by atoms with van der Waals surface area (Å²) in [7, 11) is 0. The van der Waals surface area contributed by atoms with Gasteiger partial charge in [-0.1, -0.05) is 6.58 Å². The first-order chi connectivity index (χ1) is 12.3. The Bertz CT molecular complexity index is 894. The molecule has 7 heteroatoms. The average molecular weight is 355 g/mol. The Kier molecular flexibility index (Phi) is 4.71. The Labute approximate surface area is 152 Å². The van der Waals surface area contributed by atoms with Gasteiger partial charge in [0.15, 0.2) is 11.6 Å². The first-order valence-corrected chi connectivity index (χ1v) is 8.50. The first kappa shape index (κ1) is 18.0. The largest absolute Gasteiger partial charge is 0.327 e. The molecule has 0 fully saturated rings. The molecule has 6 nitrogen and oxygen atoms in total. The van der Waals surface area contributed by atoms with Gasteiger partial charge in [0.05, 0.1) is 11.8 Å². The zero-order valence-corrected chi connectivity index (χ0v) is 15.5.